The molecule has 0 unspecified atom stereocenters. The SMILES string of the molecule is c1ccc(-c2nc(-c3ccccn3)n(-c3ccc(N(c4ccc(-n5c6ccccc6c6ccccc65)cc4)c4ccc(-n5c6ccccc6c6ccccc65)cc4)cc3)n2)cc1. The van der Waals surface area contributed by atoms with Gasteiger partial charge in [-0.2, -0.15) is 0 Å². The molecule has 0 saturated heterocycles. The molecule has 12 aromatic rings. The summed E-state index contributed by atoms with van der Waals surface area (Å²) in [7, 11) is 0. The fraction of sp³-hybridized carbons (Fsp3) is 0. The Balaban J connectivity index is 0.977. The van der Waals surface area contributed by atoms with Crippen molar-refractivity contribution in [2.24, 2.45) is 0 Å². The Labute approximate surface area is 357 Å². The summed E-state index contributed by atoms with van der Waals surface area (Å²) in [5, 5.41) is 9.99. The van der Waals surface area contributed by atoms with Crippen LogP contribution < -0.4 is 4.90 Å². The van der Waals surface area contributed by atoms with Crippen LogP contribution in [0.4, 0.5) is 17.1 Å². The minimum absolute atomic E-state index is 0.642. The predicted octanol–water partition coefficient (Wildman–Crippen LogP) is 13.7. The lowest BCUT2D eigenvalue weighted by atomic mass is 10.1. The zero-order valence-corrected chi connectivity index (χ0v) is 33.5. The summed E-state index contributed by atoms with van der Waals surface area (Å²) in [4.78, 5) is 12.0. The van der Waals surface area contributed by atoms with E-state index in [2.05, 4.69) is 189 Å². The molecular formula is C55H37N7. The molecule has 0 aliphatic heterocycles. The van der Waals surface area contributed by atoms with E-state index in [1.165, 1.54) is 43.6 Å². The number of benzene rings is 8. The maximum Gasteiger partial charge on any atom is 0.182 e. The van der Waals surface area contributed by atoms with Gasteiger partial charge in [0.15, 0.2) is 11.6 Å². The molecule has 4 heterocycles. The van der Waals surface area contributed by atoms with E-state index in [1.54, 1.807) is 6.20 Å². The minimum atomic E-state index is 0.642. The maximum absolute atomic E-state index is 5.02. The third-order valence-electron chi connectivity index (χ3n) is 11.8. The molecule has 12 rings (SSSR count). The molecule has 7 heteroatoms. The molecule has 0 radical (unpaired) electrons. The monoisotopic (exact) mass is 795 g/mol. The molecule has 62 heavy (non-hydrogen) atoms. The van der Waals surface area contributed by atoms with Gasteiger partial charge >= 0.3 is 0 Å². The Hall–Kier alpha value is -8.55. The van der Waals surface area contributed by atoms with Gasteiger partial charge in [-0.3, -0.25) is 4.98 Å². The predicted molar refractivity (Wildman–Crippen MR) is 253 cm³/mol. The number of hydrogen-bond donors (Lipinski definition) is 0. The van der Waals surface area contributed by atoms with Crippen molar-refractivity contribution >= 4 is 60.7 Å². The summed E-state index contributed by atoms with van der Waals surface area (Å²) < 4.78 is 6.60. The molecule has 292 valence electrons. The fourth-order valence-electron chi connectivity index (χ4n) is 8.96. The number of aromatic nitrogens is 6. The first-order chi connectivity index (χ1) is 30.8. The van der Waals surface area contributed by atoms with Crippen molar-refractivity contribution in [1.29, 1.82) is 0 Å². The van der Waals surface area contributed by atoms with Crippen LogP contribution in [0.5, 0.6) is 0 Å². The Bertz CT molecular complexity index is 3280. The third kappa shape index (κ3) is 5.86. The normalized spacial score (nSPS) is 11.5. The molecule has 0 spiro atoms. The van der Waals surface area contributed by atoms with Gasteiger partial charge in [0.1, 0.15) is 5.69 Å². The van der Waals surface area contributed by atoms with E-state index >= 15 is 0 Å². The Morgan fingerprint density at radius 3 is 1.19 bits per heavy atom. The summed E-state index contributed by atoms with van der Waals surface area (Å²) in [5.41, 5.74) is 12.6. The van der Waals surface area contributed by atoms with Gasteiger partial charge in [-0.1, -0.05) is 109 Å². The number of pyridine rings is 1. The van der Waals surface area contributed by atoms with Crippen molar-refractivity contribution in [3.8, 4) is 40.0 Å². The molecule has 4 aromatic heterocycles. The maximum atomic E-state index is 5.02. The van der Waals surface area contributed by atoms with Crippen LogP contribution in [0, 0.1) is 0 Å². The third-order valence-corrected chi connectivity index (χ3v) is 11.8. The largest absolute Gasteiger partial charge is 0.310 e. The van der Waals surface area contributed by atoms with Crippen molar-refractivity contribution < 1.29 is 0 Å². The van der Waals surface area contributed by atoms with Crippen LogP contribution in [-0.2, 0) is 0 Å². The van der Waals surface area contributed by atoms with E-state index in [0.717, 1.165) is 45.4 Å². The lowest BCUT2D eigenvalue weighted by Crippen LogP contribution is -2.11. The summed E-state index contributed by atoms with van der Waals surface area (Å²) in [6.45, 7) is 0. The smallest absolute Gasteiger partial charge is 0.182 e. The summed E-state index contributed by atoms with van der Waals surface area (Å²) in [6.07, 6.45) is 1.79. The number of rotatable bonds is 8. The summed E-state index contributed by atoms with van der Waals surface area (Å²) in [6, 6.07) is 76.8. The number of hydrogen-bond acceptors (Lipinski definition) is 4. The molecule has 8 aromatic carbocycles. The van der Waals surface area contributed by atoms with E-state index in [-0.39, 0.29) is 0 Å². The molecule has 0 N–H and O–H groups in total. The van der Waals surface area contributed by atoms with Crippen LogP contribution in [0.3, 0.4) is 0 Å². The Morgan fingerprint density at radius 1 is 0.355 bits per heavy atom. The van der Waals surface area contributed by atoms with Gasteiger partial charge in [0.05, 0.1) is 27.8 Å². The molecule has 0 fully saturated rings. The lowest BCUT2D eigenvalue weighted by Gasteiger charge is -2.26. The average molecular weight is 796 g/mol. The second-order valence-corrected chi connectivity index (χ2v) is 15.4. The highest BCUT2D eigenvalue weighted by atomic mass is 15.4. The molecule has 0 atom stereocenters. The number of nitrogens with zero attached hydrogens (tertiary/aromatic N) is 7. The first kappa shape index (κ1) is 35.4. The van der Waals surface area contributed by atoms with Gasteiger partial charge in [-0.15, -0.1) is 5.10 Å². The first-order valence-electron chi connectivity index (χ1n) is 20.8. The van der Waals surface area contributed by atoms with Gasteiger partial charge < -0.3 is 14.0 Å². The van der Waals surface area contributed by atoms with Gasteiger partial charge in [0.25, 0.3) is 0 Å². The molecular weight excluding hydrogens is 759 g/mol. The second kappa shape index (κ2) is 14.6. The molecule has 0 amide bonds. The van der Waals surface area contributed by atoms with Crippen molar-refractivity contribution in [3.05, 3.63) is 225 Å². The van der Waals surface area contributed by atoms with Crippen LogP contribution in [0.2, 0.25) is 0 Å². The zero-order chi connectivity index (χ0) is 41.0. The topological polar surface area (TPSA) is 56.7 Å². The number of fused-ring (bicyclic) bond motifs is 6. The van der Waals surface area contributed by atoms with Crippen LogP contribution >= 0.6 is 0 Å². The van der Waals surface area contributed by atoms with Gasteiger partial charge in [-0.25, -0.2) is 9.67 Å². The fourth-order valence-corrected chi connectivity index (χ4v) is 8.96. The van der Waals surface area contributed by atoms with Crippen LogP contribution in [0.1, 0.15) is 0 Å². The highest BCUT2D eigenvalue weighted by molar-refractivity contribution is 6.10. The number of para-hydroxylation sites is 4. The van der Waals surface area contributed by atoms with Crippen LogP contribution in [-0.4, -0.2) is 28.9 Å². The van der Waals surface area contributed by atoms with Gasteiger partial charge in [0.2, 0.25) is 0 Å². The van der Waals surface area contributed by atoms with Gasteiger partial charge in [-0.05, 0) is 109 Å². The summed E-state index contributed by atoms with van der Waals surface area (Å²) >= 11 is 0. The van der Waals surface area contributed by atoms with Crippen molar-refractivity contribution in [3.63, 3.8) is 0 Å². The highest BCUT2D eigenvalue weighted by Gasteiger charge is 2.20. The summed E-state index contributed by atoms with van der Waals surface area (Å²) in [5.74, 6) is 1.32. The van der Waals surface area contributed by atoms with E-state index < -0.39 is 0 Å². The van der Waals surface area contributed by atoms with Gasteiger partial charge in [0, 0.05) is 61.7 Å². The lowest BCUT2D eigenvalue weighted by molar-refractivity contribution is 0.886. The minimum Gasteiger partial charge on any atom is -0.310 e. The van der Waals surface area contributed by atoms with Crippen LogP contribution in [0.15, 0.2) is 225 Å². The van der Waals surface area contributed by atoms with Crippen LogP contribution in [0.25, 0.3) is 83.6 Å². The molecule has 0 bridgehead atoms. The quantitative estimate of drug-likeness (QED) is 0.154. The second-order valence-electron chi connectivity index (χ2n) is 15.4. The molecule has 0 saturated carbocycles. The van der Waals surface area contributed by atoms with E-state index in [9.17, 15) is 0 Å². The molecule has 0 aliphatic rings. The molecule has 7 nitrogen and oxygen atoms in total. The standard InChI is InChI=1S/C55H37N7/c1-2-14-38(15-3-1)54-57-55(49-20-12-13-37-56-49)62(58-54)44-35-33-41(34-36-44)59(39-25-29-42(30-26-39)60-50-21-8-4-16-45(50)46-17-5-9-22-51(46)60)40-27-31-43(32-28-40)61-52-23-10-6-18-47(52)48-19-7-11-24-53(48)61/h1-37H. The highest BCUT2D eigenvalue weighted by Crippen LogP contribution is 2.39. The van der Waals surface area contributed by atoms with Crippen molar-refractivity contribution in [1.82, 2.24) is 28.9 Å². The Kier molecular flexibility index (Phi) is 8.35. The van der Waals surface area contributed by atoms with Crippen molar-refractivity contribution in [2.45, 2.75) is 0 Å². The van der Waals surface area contributed by atoms with E-state index in [1.807, 2.05) is 53.2 Å². The Morgan fingerprint density at radius 2 is 0.758 bits per heavy atom. The number of anilines is 3. The molecule has 0 aliphatic carbocycles. The zero-order valence-electron chi connectivity index (χ0n) is 33.5. The first-order valence-corrected chi connectivity index (χ1v) is 20.8. The van der Waals surface area contributed by atoms with E-state index in [4.69, 9.17) is 10.1 Å². The van der Waals surface area contributed by atoms with E-state index in [0.29, 0.717) is 11.6 Å². The average Bonchev–Trinajstić information content (AvgIpc) is 4.04. The van der Waals surface area contributed by atoms with Crippen molar-refractivity contribution in [2.75, 3.05) is 4.90 Å².